The third-order valence-corrected chi connectivity index (χ3v) is 5.74. The summed E-state index contributed by atoms with van der Waals surface area (Å²) in [4.78, 5) is 29.1. The molecular formula is C22H27N3O3. The van der Waals surface area contributed by atoms with E-state index < -0.39 is 0 Å². The smallest absolute Gasteiger partial charge is 0.286 e. The molecule has 148 valence electrons. The lowest BCUT2D eigenvalue weighted by molar-refractivity contribution is -0.134. The lowest BCUT2D eigenvalue weighted by Gasteiger charge is -2.35. The van der Waals surface area contributed by atoms with E-state index in [9.17, 15) is 9.59 Å². The van der Waals surface area contributed by atoms with Gasteiger partial charge < -0.3 is 14.6 Å². The zero-order valence-corrected chi connectivity index (χ0v) is 16.1. The molecule has 3 heterocycles. The van der Waals surface area contributed by atoms with Gasteiger partial charge in [-0.2, -0.15) is 0 Å². The Morgan fingerprint density at radius 1 is 1.11 bits per heavy atom. The van der Waals surface area contributed by atoms with E-state index >= 15 is 0 Å². The minimum Gasteiger partial charge on any atom is -0.459 e. The van der Waals surface area contributed by atoms with Gasteiger partial charge in [0, 0.05) is 32.7 Å². The molecule has 4 rings (SSSR count). The first-order valence-corrected chi connectivity index (χ1v) is 10.1. The highest BCUT2D eigenvalue weighted by Gasteiger charge is 2.26. The van der Waals surface area contributed by atoms with Gasteiger partial charge in [-0.05, 0) is 48.4 Å². The SMILES string of the molecule is O=C(NCC1CCCN(C(=O)CN2CCc3ccccc3C2)C1)c1ccco1. The molecule has 1 unspecified atom stereocenters. The fourth-order valence-electron chi connectivity index (χ4n) is 4.17. The van der Waals surface area contributed by atoms with Crippen molar-refractivity contribution in [3.63, 3.8) is 0 Å². The Kier molecular flexibility index (Phi) is 5.76. The Morgan fingerprint density at radius 3 is 2.79 bits per heavy atom. The molecule has 6 nitrogen and oxygen atoms in total. The maximum atomic E-state index is 12.8. The molecule has 0 saturated carbocycles. The lowest BCUT2D eigenvalue weighted by atomic mass is 9.97. The van der Waals surface area contributed by atoms with Crippen LogP contribution in [0.15, 0.2) is 47.1 Å². The Morgan fingerprint density at radius 2 is 1.96 bits per heavy atom. The fraction of sp³-hybridized carbons (Fsp3) is 0.455. The summed E-state index contributed by atoms with van der Waals surface area (Å²) < 4.78 is 5.12. The molecule has 2 aromatic rings. The zero-order chi connectivity index (χ0) is 19.3. The maximum absolute atomic E-state index is 12.8. The van der Waals surface area contributed by atoms with Crippen LogP contribution in [-0.2, 0) is 17.8 Å². The van der Waals surface area contributed by atoms with E-state index in [1.54, 1.807) is 12.1 Å². The molecule has 28 heavy (non-hydrogen) atoms. The third kappa shape index (κ3) is 4.44. The predicted octanol–water partition coefficient (Wildman–Crippen LogP) is 2.31. The molecule has 1 fully saturated rings. The number of nitrogens with one attached hydrogen (secondary N) is 1. The molecule has 2 amide bonds. The van der Waals surface area contributed by atoms with Crippen molar-refractivity contribution in [3.8, 4) is 0 Å². The van der Waals surface area contributed by atoms with Crippen molar-refractivity contribution in [2.24, 2.45) is 5.92 Å². The predicted molar refractivity (Wildman–Crippen MR) is 106 cm³/mol. The molecule has 1 aromatic heterocycles. The number of rotatable bonds is 5. The molecule has 0 spiro atoms. The minimum absolute atomic E-state index is 0.194. The average molecular weight is 381 g/mol. The number of benzene rings is 1. The summed E-state index contributed by atoms with van der Waals surface area (Å²) in [6, 6.07) is 11.8. The van der Waals surface area contributed by atoms with Gasteiger partial charge in [-0.15, -0.1) is 0 Å². The number of amides is 2. The number of likely N-dealkylation sites (tertiary alicyclic amines) is 1. The van der Waals surface area contributed by atoms with Crippen LogP contribution in [0.4, 0.5) is 0 Å². The van der Waals surface area contributed by atoms with Crippen molar-refractivity contribution >= 4 is 11.8 Å². The molecule has 0 aliphatic carbocycles. The van der Waals surface area contributed by atoms with Crippen molar-refractivity contribution in [2.45, 2.75) is 25.8 Å². The summed E-state index contributed by atoms with van der Waals surface area (Å²) in [7, 11) is 0. The molecule has 0 bridgehead atoms. The van der Waals surface area contributed by atoms with E-state index in [1.807, 2.05) is 4.90 Å². The first-order valence-electron chi connectivity index (χ1n) is 10.1. The van der Waals surface area contributed by atoms with Gasteiger partial charge >= 0.3 is 0 Å². The van der Waals surface area contributed by atoms with Crippen LogP contribution in [0.3, 0.4) is 0 Å². The van der Waals surface area contributed by atoms with Gasteiger partial charge in [0.15, 0.2) is 5.76 Å². The first-order chi connectivity index (χ1) is 13.7. The molecule has 1 N–H and O–H groups in total. The summed E-state index contributed by atoms with van der Waals surface area (Å²) in [6.07, 6.45) is 4.51. The number of fused-ring (bicyclic) bond motifs is 1. The van der Waals surface area contributed by atoms with Crippen molar-refractivity contribution in [1.29, 1.82) is 0 Å². The number of furan rings is 1. The molecule has 1 saturated heterocycles. The van der Waals surface area contributed by atoms with Gasteiger partial charge in [-0.25, -0.2) is 0 Å². The highest BCUT2D eigenvalue weighted by Crippen LogP contribution is 2.20. The van der Waals surface area contributed by atoms with E-state index in [1.165, 1.54) is 17.4 Å². The number of hydrogen-bond acceptors (Lipinski definition) is 4. The van der Waals surface area contributed by atoms with Crippen LogP contribution in [0.1, 0.15) is 34.5 Å². The summed E-state index contributed by atoms with van der Waals surface area (Å²) >= 11 is 0. The van der Waals surface area contributed by atoms with Crippen molar-refractivity contribution in [3.05, 3.63) is 59.5 Å². The number of piperidine rings is 1. The van der Waals surface area contributed by atoms with E-state index in [-0.39, 0.29) is 11.8 Å². The molecule has 1 atom stereocenters. The summed E-state index contributed by atoms with van der Waals surface area (Å²) in [5, 5.41) is 2.93. The minimum atomic E-state index is -0.194. The van der Waals surface area contributed by atoms with Crippen molar-refractivity contribution in [2.75, 3.05) is 32.7 Å². The normalized spacial score (nSPS) is 19.9. The number of hydrogen-bond donors (Lipinski definition) is 1. The Labute approximate surface area is 165 Å². The first kappa shape index (κ1) is 18.7. The van der Waals surface area contributed by atoms with Gasteiger partial charge in [-0.1, -0.05) is 24.3 Å². The topological polar surface area (TPSA) is 65.8 Å². The average Bonchev–Trinajstić information content (AvgIpc) is 3.27. The maximum Gasteiger partial charge on any atom is 0.286 e. The molecule has 6 heteroatoms. The van der Waals surface area contributed by atoms with Gasteiger partial charge in [0.1, 0.15) is 0 Å². The third-order valence-electron chi connectivity index (χ3n) is 5.74. The summed E-state index contributed by atoms with van der Waals surface area (Å²) in [6.45, 7) is 4.34. The monoisotopic (exact) mass is 381 g/mol. The number of carbonyl (C=O) groups is 2. The second-order valence-corrected chi connectivity index (χ2v) is 7.76. The molecule has 0 radical (unpaired) electrons. The Balaban J connectivity index is 1.26. The summed E-state index contributed by atoms with van der Waals surface area (Å²) in [5.74, 6) is 0.620. The number of nitrogens with zero attached hydrogens (tertiary/aromatic N) is 2. The summed E-state index contributed by atoms with van der Waals surface area (Å²) in [5.41, 5.74) is 2.73. The highest BCUT2D eigenvalue weighted by atomic mass is 16.3. The van der Waals surface area contributed by atoms with Gasteiger partial charge in [0.2, 0.25) is 5.91 Å². The van der Waals surface area contributed by atoms with Crippen LogP contribution in [0.25, 0.3) is 0 Å². The number of carbonyl (C=O) groups excluding carboxylic acids is 2. The van der Waals surface area contributed by atoms with E-state index in [4.69, 9.17) is 4.42 Å². The van der Waals surface area contributed by atoms with Gasteiger partial charge in [0.05, 0.1) is 12.8 Å². The van der Waals surface area contributed by atoms with Crippen LogP contribution in [0.2, 0.25) is 0 Å². The Hall–Kier alpha value is -2.60. The van der Waals surface area contributed by atoms with E-state index in [0.29, 0.717) is 31.3 Å². The lowest BCUT2D eigenvalue weighted by Crippen LogP contribution is -2.47. The van der Waals surface area contributed by atoms with E-state index in [0.717, 1.165) is 38.9 Å². The quantitative estimate of drug-likeness (QED) is 0.863. The molecular weight excluding hydrogens is 354 g/mol. The van der Waals surface area contributed by atoms with Crippen molar-refractivity contribution < 1.29 is 14.0 Å². The van der Waals surface area contributed by atoms with Crippen LogP contribution in [-0.4, -0.2) is 54.3 Å². The highest BCUT2D eigenvalue weighted by molar-refractivity contribution is 5.91. The molecule has 2 aliphatic heterocycles. The largest absolute Gasteiger partial charge is 0.459 e. The molecule has 1 aromatic carbocycles. The zero-order valence-electron chi connectivity index (χ0n) is 16.1. The van der Waals surface area contributed by atoms with Gasteiger partial charge in [-0.3, -0.25) is 14.5 Å². The van der Waals surface area contributed by atoms with E-state index in [2.05, 4.69) is 34.5 Å². The second kappa shape index (κ2) is 8.61. The van der Waals surface area contributed by atoms with Crippen molar-refractivity contribution in [1.82, 2.24) is 15.1 Å². The second-order valence-electron chi connectivity index (χ2n) is 7.76. The fourth-order valence-corrected chi connectivity index (χ4v) is 4.17. The van der Waals surface area contributed by atoms with Crippen LogP contribution in [0.5, 0.6) is 0 Å². The van der Waals surface area contributed by atoms with Crippen LogP contribution >= 0.6 is 0 Å². The Bertz CT molecular complexity index is 818. The van der Waals surface area contributed by atoms with Gasteiger partial charge in [0.25, 0.3) is 5.91 Å². The standard InChI is InChI=1S/C22H27N3O3/c26-21(16-24-11-9-18-6-1-2-7-19(18)15-24)25-10-3-5-17(14-25)13-23-22(27)20-8-4-12-28-20/h1-2,4,6-8,12,17H,3,5,9-11,13-16H2,(H,23,27). The van der Waals surface area contributed by atoms with Crippen LogP contribution in [0, 0.1) is 5.92 Å². The van der Waals surface area contributed by atoms with Crippen LogP contribution < -0.4 is 5.32 Å². The molecule has 2 aliphatic rings.